The van der Waals surface area contributed by atoms with Gasteiger partial charge in [0.05, 0.1) is 17.7 Å². The van der Waals surface area contributed by atoms with E-state index in [1.165, 1.54) is 22.9 Å². The number of thioether (sulfide) groups is 1. The first kappa shape index (κ1) is 25.6. The maximum atomic E-state index is 13.4. The number of methoxy groups -OCH3 is 1. The molecule has 1 fully saturated rings. The molecule has 1 aliphatic rings. The van der Waals surface area contributed by atoms with Gasteiger partial charge >= 0.3 is 0 Å². The minimum atomic E-state index is -0.0287. The van der Waals surface area contributed by atoms with Crippen LogP contribution in [0.5, 0.6) is 11.5 Å². The van der Waals surface area contributed by atoms with Crippen molar-refractivity contribution >= 4 is 34.6 Å². The van der Waals surface area contributed by atoms with E-state index in [-0.39, 0.29) is 11.9 Å². The minimum Gasteiger partial charge on any atom is -0.493 e. The second-order valence-electron chi connectivity index (χ2n) is 8.96. The summed E-state index contributed by atoms with van der Waals surface area (Å²) >= 11 is 1.41. The van der Waals surface area contributed by atoms with Gasteiger partial charge in [0.25, 0.3) is 5.91 Å². The molecule has 3 aromatic carbocycles. The Balaban J connectivity index is 1.58. The van der Waals surface area contributed by atoms with Gasteiger partial charge in [-0.25, -0.2) is 4.99 Å². The van der Waals surface area contributed by atoms with E-state index < -0.39 is 0 Å². The highest BCUT2D eigenvalue weighted by molar-refractivity contribution is 8.18. The predicted octanol–water partition coefficient (Wildman–Crippen LogP) is 7.29. The molecule has 0 saturated carbocycles. The van der Waals surface area contributed by atoms with E-state index >= 15 is 0 Å². The summed E-state index contributed by atoms with van der Waals surface area (Å²) in [7, 11) is 1.62. The number of ether oxygens (including phenoxy) is 2. The van der Waals surface area contributed by atoms with Crippen LogP contribution in [-0.2, 0) is 11.4 Å². The van der Waals surface area contributed by atoms with Gasteiger partial charge in [-0.05, 0) is 80.4 Å². The Labute approximate surface area is 217 Å². The van der Waals surface area contributed by atoms with E-state index in [0.717, 1.165) is 23.2 Å². The standard InChI is InChI=1S/C30H32N2O3S/c1-6-22(4)32-29(33)28(36-30(32)31-25-13-10-20(2)11-14-25)18-23-12-15-26(27(17-23)34-5)35-19-24-9-7-8-21(3)16-24/h7-18,22H,6,19H2,1-5H3/b28-18+,31-30?/t22-/m0/s1. The van der Waals surface area contributed by atoms with Gasteiger partial charge in [-0.15, -0.1) is 0 Å². The van der Waals surface area contributed by atoms with E-state index in [1.54, 1.807) is 12.0 Å². The SMILES string of the molecule is CC[C@H](C)N1C(=O)/C(=C\c2ccc(OCc3cccc(C)c3)c(OC)c2)SC1=Nc1ccc(C)cc1. The molecule has 0 radical (unpaired) electrons. The minimum absolute atomic E-state index is 0.0287. The highest BCUT2D eigenvalue weighted by Gasteiger charge is 2.36. The molecule has 3 aromatic rings. The molecule has 0 unspecified atom stereocenters. The number of aryl methyl sites for hydroxylation is 2. The molecule has 1 atom stereocenters. The molecular weight excluding hydrogens is 468 g/mol. The largest absolute Gasteiger partial charge is 0.493 e. The summed E-state index contributed by atoms with van der Waals surface area (Å²) in [5, 5.41) is 0.703. The van der Waals surface area contributed by atoms with E-state index in [0.29, 0.717) is 28.2 Å². The Morgan fingerprint density at radius 3 is 2.47 bits per heavy atom. The first-order valence-electron chi connectivity index (χ1n) is 12.1. The number of amidine groups is 1. The van der Waals surface area contributed by atoms with Crippen LogP contribution >= 0.6 is 11.8 Å². The highest BCUT2D eigenvalue weighted by Crippen LogP contribution is 2.37. The normalized spacial score (nSPS) is 16.6. The summed E-state index contributed by atoms with van der Waals surface area (Å²) in [6.07, 6.45) is 2.74. The van der Waals surface area contributed by atoms with Crippen LogP contribution in [0.1, 0.15) is 42.5 Å². The maximum Gasteiger partial charge on any atom is 0.266 e. The monoisotopic (exact) mass is 500 g/mol. The van der Waals surface area contributed by atoms with Crippen molar-refractivity contribution in [3.8, 4) is 11.5 Å². The van der Waals surface area contributed by atoms with Gasteiger partial charge in [0, 0.05) is 6.04 Å². The Morgan fingerprint density at radius 1 is 1.00 bits per heavy atom. The van der Waals surface area contributed by atoms with E-state index in [1.807, 2.05) is 67.6 Å². The molecule has 1 heterocycles. The van der Waals surface area contributed by atoms with Crippen LogP contribution in [0.2, 0.25) is 0 Å². The van der Waals surface area contributed by atoms with Crippen molar-refractivity contribution in [2.24, 2.45) is 4.99 Å². The average molecular weight is 501 g/mol. The van der Waals surface area contributed by atoms with Gasteiger partial charge in [0.2, 0.25) is 0 Å². The van der Waals surface area contributed by atoms with Gasteiger partial charge in [-0.1, -0.05) is 60.5 Å². The van der Waals surface area contributed by atoms with Gasteiger partial charge in [-0.3, -0.25) is 9.69 Å². The van der Waals surface area contributed by atoms with Crippen LogP contribution in [-0.4, -0.2) is 29.1 Å². The second-order valence-corrected chi connectivity index (χ2v) is 9.97. The number of hydrogen-bond acceptors (Lipinski definition) is 5. The summed E-state index contributed by atoms with van der Waals surface area (Å²) < 4.78 is 11.6. The van der Waals surface area contributed by atoms with E-state index in [9.17, 15) is 4.79 Å². The van der Waals surface area contributed by atoms with Crippen molar-refractivity contribution in [1.82, 2.24) is 4.90 Å². The van der Waals surface area contributed by atoms with Crippen LogP contribution in [0.25, 0.3) is 6.08 Å². The van der Waals surface area contributed by atoms with Gasteiger partial charge in [0.1, 0.15) is 6.61 Å². The fourth-order valence-electron chi connectivity index (χ4n) is 3.87. The fourth-order valence-corrected chi connectivity index (χ4v) is 4.96. The summed E-state index contributed by atoms with van der Waals surface area (Å²) in [6.45, 7) is 8.69. The van der Waals surface area contributed by atoms with Crippen molar-refractivity contribution in [1.29, 1.82) is 0 Å². The molecule has 0 aliphatic carbocycles. The first-order valence-corrected chi connectivity index (χ1v) is 12.9. The quantitative estimate of drug-likeness (QED) is 0.305. The van der Waals surface area contributed by atoms with Gasteiger partial charge < -0.3 is 9.47 Å². The smallest absolute Gasteiger partial charge is 0.266 e. The predicted molar refractivity (Wildman–Crippen MR) is 149 cm³/mol. The Morgan fingerprint density at radius 2 is 1.78 bits per heavy atom. The molecule has 36 heavy (non-hydrogen) atoms. The van der Waals surface area contributed by atoms with Crippen LogP contribution in [0.4, 0.5) is 5.69 Å². The molecule has 0 spiro atoms. The Kier molecular flexibility index (Phi) is 8.16. The lowest BCUT2D eigenvalue weighted by Gasteiger charge is -2.22. The molecule has 186 valence electrons. The third-order valence-corrected chi connectivity index (χ3v) is 7.07. The number of carbonyl (C=O) groups is 1. The van der Waals surface area contributed by atoms with Crippen molar-refractivity contribution in [2.45, 2.75) is 46.8 Å². The molecule has 6 heteroatoms. The zero-order valence-electron chi connectivity index (χ0n) is 21.4. The molecule has 4 rings (SSSR count). The van der Waals surface area contributed by atoms with Gasteiger partial charge in [0.15, 0.2) is 16.7 Å². The van der Waals surface area contributed by atoms with Crippen LogP contribution in [0, 0.1) is 13.8 Å². The Bertz CT molecular complexity index is 1300. The topological polar surface area (TPSA) is 51.1 Å². The zero-order valence-corrected chi connectivity index (χ0v) is 22.3. The molecule has 0 aromatic heterocycles. The third-order valence-electron chi connectivity index (χ3n) is 6.09. The molecule has 1 amide bonds. The zero-order chi connectivity index (χ0) is 25.7. The van der Waals surface area contributed by atoms with Crippen LogP contribution in [0.3, 0.4) is 0 Å². The lowest BCUT2D eigenvalue weighted by atomic mass is 10.1. The maximum absolute atomic E-state index is 13.4. The summed E-state index contributed by atoms with van der Waals surface area (Å²) in [4.78, 5) is 20.6. The second kappa shape index (κ2) is 11.5. The highest BCUT2D eigenvalue weighted by atomic mass is 32.2. The van der Waals surface area contributed by atoms with Gasteiger partial charge in [-0.2, -0.15) is 0 Å². The number of rotatable bonds is 8. The van der Waals surface area contributed by atoms with E-state index in [4.69, 9.17) is 14.5 Å². The molecular formula is C30H32N2O3S. The van der Waals surface area contributed by atoms with Crippen molar-refractivity contribution in [3.63, 3.8) is 0 Å². The lowest BCUT2D eigenvalue weighted by Crippen LogP contribution is -2.36. The number of hydrogen-bond donors (Lipinski definition) is 0. The van der Waals surface area contributed by atoms with Crippen LogP contribution in [0.15, 0.2) is 76.6 Å². The third kappa shape index (κ3) is 6.00. The summed E-state index contributed by atoms with van der Waals surface area (Å²) in [6, 6.07) is 22.0. The molecule has 5 nitrogen and oxygen atoms in total. The fraction of sp³-hybridized carbons (Fsp3) is 0.267. The number of nitrogens with zero attached hydrogens (tertiary/aromatic N) is 2. The summed E-state index contributed by atoms with van der Waals surface area (Å²) in [5.74, 6) is 1.26. The molecule has 1 aliphatic heterocycles. The molecule has 0 N–H and O–H groups in total. The lowest BCUT2D eigenvalue weighted by molar-refractivity contribution is -0.123. The van der Waals surface area contributed by atoms with Crippen molar-refractivity contribution < 1.29 is 14.3 Å². The molecule has 0 bridgehead atoms. The Hall–Kier alpha value is -3.51. The number of carbonyl (C=O) groups excluding carboxylic acids is 1. The average Bonchev–Trinajstić information content (AvgIpc) is 3.18. The first-order chi connectivity index (χ1) is 17.4. The summed E-state index contributed by atoms with van der Waals surface area (Å²) in [5.41, 5.74) is 5.17. The van der Waals surface area contributed by atoms with Crippen molar-refractivity contribution in [3.05, 3.63) is 93.9 Å². The number of amides is 1. The van der Waals surface area contributed by atoms with E-state index in [2.05, 4.69) is 32.9 Å². The molecule has 1 saturated heterocycles. The number of aliphatic imine (C=N–C) groups is 1. The number of benzene rings is 3. The van der Waals surface area contributed by atoms with Crippen LogP contribution < -0.4 is 9.47 Å². The van der Waals surface area contributed by atoms with Crippen molar-refractivity contribution in [2.75, 3.05) is 7.11 Å².